The maximum atomic E-state index is 10.6. The highest BCUT2D eigenvalue weighted by Gasteiger charge is 2.28. The lowest BCUT2D eigenvalue weighted by Crippen LogP contribution is -2.41. The molecular weight excluding hydrogens is 258 g/mol. The summed E-state index contributed by atoms with van der Waals surface area (Å²) in [5.41, 5.74) is 0.693. The topological polar surface area (TPSA) is 32.3 Å². The van der Waals surface area contributed by atoms with E-state index in [1.165, 1.54) is 18.4 Å². The molecule has 2 rings (SSSR count). The Morgan fingerprint density at radius 3 is 2.32 bits per heavy atom. The van der Waals surface area contributed by atoms with Crippen molar-refractivity contribution in [2.75, 3.05) is 6.54 Å². The second-order valence-electron chi connectivity index (χ2n) is 5.79. The van der Waals surface area contributed by atoms with Gasteiger partial charge in [0.25, 0.3) is 0 Å². The van der Waals surface area contributed by atoms with Gasteiger partial charge in [-0.25, -0.2) is 0 Å². The Morgan fingerprint density at radius 1 is 1.16 bits per heavy atom. The van der Waals surface area contributed by atoms with E-state index in [0.29, 0.717) is 6.54 Å². The van der Waals surface area contributed by atoms with Crippen molar-refractivity contribution >= 4 is 11.6 Å². The van der Waals surface area contributed by atoms with Crippen LogP contribution in [0.1, 0.15) is 57.1 Å². The Balaban J connectivity index is 1.88. The molecule has 1 atom stereocenters. The van der Waals surface area contributed by atoms with Crippen molar-refractivity contribution in [1.29, 1.82) is 0 Å². The van der Waals surface area contributed by atoms with E-state index in [2.05, 4.69) is 12.2 Å². The number of benzene rings is 1. The van der Waals surface area contributed by atoms with E-state index in [1.54, 1.807) is 0 Å². The van der Waals surface area contributed by atoms with E-state index >= 15 is 0 Å². The fourth-order valence-electron chi connectivity index (χ4n) is 2.78. The van der Waals surface area contributed by atoms with Gasteiger partial charge in [0.15, 0.2) is 0 Å². The molecule has 2 N–H and O–H groups in total. The molecular formula is C16H24ClNO. The average molecular weight is 282 g/mol. The summed E-state index contributed by atoms with van der Waals surface area (Å²) in [5.74, 6) is 0. The minimum absolute atomic E-state index is 0.240. The molecule has 2 nitrogen and oxygen atoms in total. The van der Waals surface area contributed by atoms with Crippen molar-refractivity contribution in [2.24, 2.45) is 0 Å². The first-order chi connectivity index (χ1) is 9.09. The van der Waals surface area contributed by atoms with Gasteiger partial charge in [-0.3, -0.25) is 0 Å². The number of rotatable bonds is 4. The van der Waals surface area contributed by atoms with Crippen LogP contribution >= 0.6 is 11.6 Å². The zero-order valence-electron chi connectivity index (χ0n) is 11.7. The number of halogens is 1. The van der Waals surface area contributed by atoms with Gasteiger partial charge in [0.2, 0.25) is 0 Å². The predicted octanol–water partition coefficient (Wildman–Crippen LogP) is 4.08. The quantitative estimate of drug-likeness (QED) is 0.815. The van der Waals surface area contributed by atoms with Gasteiger partial charge < -0.3 is 10.4 Å². The highest BCUT2D eigenvalue weighted by Crippen LogP contribution is 2.27. The van der Waals surface area contributed by atoms with Crippen LogP contribution in [0.15, 0.2) is 24.3 Å². The Bertz CT molecular complexity index is 382. The van der Waals surface area contributed by atoms with Crippen LogP contribution in [-0.2, 0) is 0 Å². The molecule has 1 aromatic carbocycles. The van der Waals surface area contributed by atoms with Crippen LogP contribution in [0, 0.1) is 0 Å². The van der Waals surface area contributed by atoms with Crippen LogP contribution in [0.2, 0.25) is 5.02 Å². The first-order valence-corrected chi connectivity index (χ1v) is 7.68. The van der Waals surface area contributed by atoms with E-state index in [9.17, 15) is 5.11 Å². The molecule has 0 heterocycles. The van der Waals surface area contributed by atoms with Gasteiger partial charge in [-0.15, -0.1) is 0 Å². The van der Waals surface area contributed by atoms with Gasteiger partial charge in [0.1, 0.15) is 0 Å². The minimum atomic E-state index is -0.517. The third kappa shape index (κ3) is 4.48. The third-order valence-corrected chi connectivity index (χ3v) is 4.39. The summed E-state index contributed by atoms with van der Waals surface area (Å²) in [5, 5.41) is 14.8. The van der Waals surface area contributed by atoms with E-state index in [1.807, 2.05) is 24.3 Å². The molecule has 1 aromatic rings. The molecule has 0 radical (unpaired) electrons. The monoisotopic (exact) mass is 281 g/mol. The van der Waals surface area contributed by atoms with E-state index in [-0.39, 0.29) is 6.04 Å². The van der Waals surface area contributed by atoms with Gasteiger partial charge in [0, 0.05) is 17.6 Å². The molecule has 0 unspecified atom stereocenters. The lowest BCUT2D eigenvalue weighted by atomic mass is 9.94. The number of aliphatic hydroxyl groups is 1. The molecule has 0 aromatic heterocycles. The van der Waals surface area contributed by atoms with Gasteiger partial charge in [0.05, 0.1) is 5.60 Å². The van der Waals surface area contributed by atoms with Gasteiger partial charge in [-0.1, -0.05) is 49.4 Å². The Morgan fingerprint density at radius 2 is 1.74 bits per heavy atom. The molecule has 1 aliphatic carbocycles. The number of hydrogen-bond acceptors (Lipinski definition) is 2. The fraction of sp³-hybridized carbons (Fsp3) is 0.625. The standard InChI is InChI=1S/C16H24ClNO/c1-13(14-6-8-15(17)9-7-14)18-12-16(19)10-4-2-3-5-11-16/h6-9,13,18-19H,2-5,10-12H2,1H3/t13-/m1/s1. The Labute approximate surface area is 121 Å². The van der Waals surface area contributed by atoms with Crippen LogP contribution in [0.3, 0.4) is 0 Å². The maximum absolute atomic E-state index is 10.6. The van der Waals surface area contributed by atoms with Crippen LogP contribution in [0.5, 0.6) is 0 Å². The van der Waals surface area contributed by atoms with Gasteiger partial charge in [-0.2, -0.15) is 0 Å². The summed E-state index contributed by atoms with van der Waals surface area (Å²) in [6.45, 7) is 2.81. The molecule has 106 valence electrons. The van der Waals surface area contributed by atoms with E-state index in [0.717, 1.165) is 30.7 Å². The first-order valence-electron chi connectivity index (χ1n) is 7.30. The van der Waals surface area contributed by atoms with Crippen molar-refractivity contribution in [1.82, 2.24) is 5.32 Å². The summed E-state index contributed by atoms with van der Waals surface area (Å²) in [6.07, 6.45) is 6.66. The summed E-state index contributed by atoms with van der Waals surface area (Å²) in [7, 11) is 0. The summed E-state index contributed by atoms with van der Waals surface area (Å²) in [4.78, 5) is 0. The molecule has 1 saturated carbocycles. The molecule has 19 heavy (non-hydrogen) atoms. The molecule has 0 saturated heterocycles. The number of nitrogens with one attached hydrogen (secondary N) is 1. The van der Waals surface area contributed by atoms with E-state index < -0.39 is 5.60 Å². The minimum Gasteiger partial charge on any atom is -0.389 e. The normalized spacial score (nSPS) is 20.8. The highest BCUT2D eigenvalue weighted by molar-refractivity contribution is 6.30. The Hall–Kier alpha value is -0.570. The SMILES string of the molecule is C[C@@H](NCC1(O)CCCCCC1)c1ccc(Cl)cc1. The van der Waals surface area contributed by atoms with Crippen molar-refractivity contribution in [2.45, 2.75) is 57.1 Å². The fourth-order valence-corrected chi connectivity index (χ4v) is 2.90. The summed E-state index contributed by atoms with van der Waals surface area (Å²) in [6, 6.07) is 8.14. The zero-order chi connectivity index (χ0) is 13.7. The zero-order valence-corrected chi connectivity index (χ0v) is 12.4. The van der Waals surface area contributed by atoms with Crippen LogP contribution < -0.4 is 5.32 Å². The van der Waals surface area contributed by atoms with Crippen LogP contribution in [-0.4, -0.2) is 17.3 Å². The second kappa shape index (κ2) is 6.74. The molecule has 0 spiro atoms. The maximum Gasteiger partial charge on any atom is 0.0771 e. The van der Waals surface area contributed by atoms with Crippen LogP contribution in [0.25, 0.3) is 0 Å². The molecule has 0 bridgehead atoms. The molecule has 0 amide bonds. The van der Waals surface area contributed by atoms with Crippen molar-refractivity contribution in [3.05, 3.63) is 34.9 Å². The van der Waals surface area contributed by atoms with Crippen molar-refractivity contribution < 1.29 is 5.11 Å². The molecule has 0 aliphatic heterocycles. The molecule has 1 fully saturated rings. The lowest BCUT2D eigenvalue weighted by Gasteiger charge is -2.29. The molecule has 3 heteroatoms. The van der Waals surface area contributed by atoms with E-state index in [4.69, 9.17) is 11.6 Å². The average Bonchev–Trinajstić information content (AvgIpc) is 2.62. The highest BCUT2D eigenvalue weighted by atomic mass is 35.5. The summed E-state index contributed by atoms with van der Waals surface area (Å²) >= 11 is 5.90. The van der Waals surface area contributed by atoms with Gasteiger partial charge in [-0.05, 0) is 37.5 Å². The largest absolute Gasteiger partial charge is 0.389 e. The first kappa shape index (κ1) is 14.8. The molecule has 1 aliphatic rings. The van der Waals surface area contributed by atoms with Gasteiger partial charge >= 0.3 is 0 Å². The van der Waals surface area contributed by atoms with Crippen molar-refractivity contribution in [3.8, 4) is 0 Å². The lowest BCUT2D eigenvalue weighted by molar-refractivity contribution is 0.0231. The number of hydrogen-bond donors (Lipinski definition) is 2. The predicted molar refractivity (Wildman–Crippen MR) is 80.5 cm³/mol. The third-order valence-electron chi connectivity index (χ3n) is 4.14. The van der Waals surface area contributed by atoms with Crippen LogP contribution in [0.4, 0.5) is 0 Å². The second-order valence-corrected chi connectivity index (χ2v) is 6.23. The Kier molecular flexibility index (Phi) is 5.26. The van der Waals surface area contributed by atoms with Crippen molar-refractivity contribution in [3.63, 3.8) is 0 Å². The summed E-state index contributed by atoms with van der Waals surface area (Å²) < 4.78 is 0. The smallest absolute Gasteiger partial charge is 0.0771 e.